The molecule has 4 N–H and O–H groups in total. The number of anilines is 3. The number of nitrogens with two attached hydrogens (primary N) is 2. The molecule has 9 heteroatoms. The Kier molecular flexibility index (Phi) is 5.23. The summed E-state index contributed by atoms with van der Waals surface area (Å²) in [6.07, 6.45) is 4.43. The molecule has 0 aliphatic carbocycles. The van der Waals surface area contributed by atoms with Crippen LogP contribution in [0.2, 0.25) is 0 Å². The molecule has 0 radical (unpaired) electrons. The Balaban J connectivity index is 1.34. The number of hydrogen-bond donors (Lipinski definition) is 2. The highest BCUT2D eigenvalue weighted by atomic mass is 16.5. The monoisotopic (exact) mass is 442 g/mol. The Morgan fingerprint density at radius 2 is 2.00 bits per heavy atom. The van der Waals surface area contributed by atoms with Crippen molar-refractivity contribution in [3.63, 3.8) is 0 Å². The van der Waals surface area contributed by atoms with E-state index in [2.05, 4.69) is 37.9 Å². The molecule has 9 nitrogen and oxygen atoms in total. The van der Waals surface area contributed by atoms with E-state index in [4.69, 9.17) is 16.2 Å². The van der Waals surface area contributed by atoms with Gasteiger partial charge in [0.15, 0.2) is 5.82 Å². The van der Waals surface area contributed by atoms with Gasteiger partial charge in [0.25, 0.3) is 5.88 Å². The van der Waals surface area contributed by atoms with Gasteiger partial charge >= 0.3 is 0 Å². The topological polar surface area (TPSA) is 130 Å². The van der Waals surface area contributed by atoms with Crippen LogP contribution in [0, 0.1) is 16.7 Å². The van der Waals surface area contributed by atoms with Gasteiger partial charge in [-0.1, -0.05) is 6.07 Å². The van der Waals surface area contributed by atoms with Crippen molar-refractivity contribution in [3.8, 4) is 23.2 Å². The van der Waals surface area contributed by atoms with Crippen LogP contribution in [0.1, 0.15) is 17.5 Å². The van der Waals surface area contributed by atoms with E-state index in [-0.39, 0.29) is 18.3 Å². The molecule has 0 atom stereocenters. The van der Waals surface area contributed by atoms with Crippen molar-refractivity contribution >= 4 is 17.3 Å². The summed E-state index contributed by atoms with van der Waals surface area (Å²) >= 11 is 0. The first-order chi connectivity index (χ1) is 15.9. The molecule has 5 rings (SSSR count). The number of hydrogen-bond acceptors (Lipinski definition) is 9. The minimum absolute atomic E-state index is 0.199. The lowest BCUT2D eigenvalue weighted by Gasteiger charge is -2.49. The van der Waals surface area contributed by atoms with E-state index in [0.29, 0.717) is 22.5 Å². The molecule has 1 spiro atoms. The van der Waals surface area contributed by atoms with Crippen LogP contribution >= 0.6 is 0 Å². The zero-order valence-electron chi connectivity index (χ0n) is 18.5. The van der Waals surface area contributed by atoms with Gasteiger partial charge in [0.1, 0.15) is 18.5 Å². The SMILES string of the molecule is CN1CCC2(C1)CN(c1ccc(-c3cnc(N)c(OCc4ccnc(N)c4)n3)cc1C#N)C2. The smallest absolute Gasteiger partial charge is 0.258 e. The quantitative estimate of drug-likeness (QED) is 0.611. The summed E-state index contributed by atoms with van der Waals surface area (Å²) in [4.78, 5) is 17.4. The van der Waals surface area contributed by atoms with Gasteiger partial charge in [-0.25, -0.2) is 15.0 Å². The Hall–Kier alpha value is -3.90. The van der Waals surface area contributed by atoms with E-state index >= 15 is 0 Å². The normalized spacial score (nSPS) is 17.0. The summed E-state index contributed by atoms with van der Waals surface area (Å²) in [5, 5.41) is 9.81. The van der Waals surface area contributed by atoms with Gasteiger partial charge in [-0.2, -0.15) is 5.26 Å². The van der Waals surface area contributed by atoms with Crippen molar-refractivity contribution in [3.05, 3.63) is 53.9 Å². The summed E-state index contributed by atoms with van der Waals surface area (Å²) in [5.74, 6) is 0.854. The van der Waals surface area contributed by atoms with Crippen LogP contribution < -0.4 is 21.1 Å². The molecule has 4 heterocycles. The number of likely N-dealkylation sites (tertiary alicyclic amines) is 1. The molecule has 2 aromatic heterocycles. The summed E-state index contributed by atoms with van der Waals surface area (Å²) < 4.78 is 5.79. The largest absolute Gasteiger partial charge is 0.470 e. The van der Waals surface area contributed by atoms with E-state index < -0.39 is 0 Å². The highest BCUT2D eigenvalue weighted by molar-refractivity contribution is 5.71. The zero-order chi connectivity index (χ0) is 23.0. The van der Waals surface area contributed by atoms with Crippen LogP contribution in [-0.4, -0.2) is 53.1 Å². The molecule has 2 aliphatic heterocycles. The van der Waals surface area contributed by atoms with E-state index in [1.165, 1.54) is 6.42 Å². The number of pyridine rings is 1. The maximum absolute atomic E-state index is 9.81. The first-order valence-electron chi connectivity index (χ1n) is 10.9. The average molecular weight is 443 g/mol. The Morgan fingerprint density at radius 1 is 1.15 bits per heavy atom. The summed E-state index contributed by atoms with van der Waals surface area (Å²) in [6, 6.07) is 11.7. The molecule has 1 aromatic carbocycles. The molecule has 0 bridgehead atoms. The number of nitrogens with zero attached hydrogens (tertiary/aromatic N) is 6. The van der Waals surface area contributed by atoms with E-state index in [0.717, 1.165) is 43.0 Å². The molecule has 3 aromatic rings. The average Bonchev–Trinajstić information content (AvgIpc) is 3.19. The minimum Gasteiger partial charge on any atom is -0.470 e. The minimum atomic E-state index is 0.199. The summed E-state index contributed by atoms with van der Waals surface area (Å²) in [6.45, 7) is 4.49. The standard InChI is InChI=1S/C24H26N8O/c1-31-7-5-24(13-31)14-32(15-24)20-3-2-17(9-18(20)10-25)19-11-29-22(27)23(30-19)33-12-16-4-6-28-21(26)8-16/h2-4,6,8-9,11H,5,7,12-15H2,1H3,(H2,26,28)(H2,27,29). The predicted molar refractivity (Wildman–Crippen MR) is 126 cm³/mol. The van der Waals surface area contributed by atoms with Gasteiger partial charge < -0.3 is 26.0 Å². The van der Waals surface area contributed by atoms with E-state index in [1.54, 1.807) is 18.5 Å². The third-order valence-corrected chi connectivity index (χ3v) is 6.42. The molecular formula is C24H26N8O. The maximum Gasteiger partial charge on any atom is 0.258 e. The Morgan fingerprint density at radius 3 is 2.73 bits per heavy atom. The molecule has 168 valence electrons. The first-order valence-corrected chi connectivity index (χ1v) is 10.9. The molecule has 33 heavy (non-hydrogen) atoms. The van der Waals surface area contributed by atoms with E-state index in [1.807, 2.05) is 24.3 Å². The van der Waals surface area contributed by atoms with Gasteiger partial charge in [0, 0.05) is 36.8 Å². The van der Waals surface area contributed by atoms with Crippen molar-refractivity contribution in [2.75, 3.05) is 49.6 Å². The van der Waals surface area contributed by atoms with Crippen LogP contribution in [-0.2, 0) is 6.61 Å². The number of nitrogen functional groups attached to an aromatic ring is 2. The number of benzene rings is 1. The van der Waals surface area contributed by atoms with Crippen molar-refractivity contribution in [2.24, 2.45) is 5.41 Å². The van der Waals surface area contributed by atoms with Crippen LogP contribution in [0.3, 0.4) is 0 Å². The fourth-order valence-electron chi connectivity index (χ4n) is 4.77. The van der Waals surface area contributed by atoms with E-state index in [9.17, 15) is 5.26 Å². The number of rotatable bonds is 5. The number of aromatic nitrogens is 3. The molecule has 2 saturated heterocycles. The summed E-state index contributed by atoms with van der Waals surface area (Å²) in [5.41, 5.74) is 15.9. The Labute approximate surface area is 192 Å². The number of ether oxygens (including phenoxy) is 1. The second-order valence-electron chi connectivity index (χ2n) is 9.01. The Bertz CT molecular complexity index is 1230. The van der Waals surface area contributed by atoms with Crippen LogP contribution in [0.25, 0.3) is 11.3 Å². The zero-order valence-corrected chi connectivity index (χ0v) is 18.5. The van der Waals surface area contributed by atoms with Crippen molar-refractivity contribution in [1.82, 2.24) is 19.9 Å². The molecule has 0 unspecified atom stereocenters. The van der Waals surface area contributed by atoms with Crippen LogP contribution in [0.4, 0.5) is 17.3 Å². The lowest BCUT2D eigenvalue weighted by atomic mass is 9.78. The molecular weight excluding hydrogens is 416 g/mol. The third kappa shape index (κ3) is 4.13. The molecule has 2 fully saturated rings. The third-order valence-electron chi connectivity index (χ3n) is 6.42. The van der Waals surface area contributed by atoms with Gasteiger partial charge in [-0.05, 0) is 49.8 Å². The highest BCUT2D eigenvalue weighted by Gasteiger charge is 2.47. The van der Waals surface area contributed by atoms with Crippen LogP contribution in [0.15, 0.2) is 42.7 Å². The van der Waals surface area contributed by atoms with Gasteiger partial charge in [0.2, 0.25) is 0 Å². The predicted octanol–water partition coefficient (Wildman–Crippen LogP) is 2.30. The summed E-state index contributed by atoms with van der Waals surface area (Å²) in [7, 11) is 2.17. The number of nitriles is 1. The first kappa shape index (κ1) is 21.0. The van der Waals surface area contributed by atoms with Crippen LogP contribution in [0.5, 0.6) is 5.88 Å². The molecule has 0 saturated carbocycles. The fraction of sp³-hybridized carbons (Fsp3) is 0.333. The second-order valence-corrected chi connectivity index (χ2v) is 9.01. The second kappa shape index (κ2) is 8.22. The molecule has 2 aliphatic rings. The van der Waals surface area contributed by atoms with Crippen molar-refractivity contribution in [2.45, 2.75) is 13.0 Å². The van der Waals surface area contributed by atoms with Gasteiger partial charge in [0.05, 0.1) is 23.1 Å². The van der Waals surface area contributed by atoms with Crippen molar-refractivity contribution in [1.29, 1.82) is 5.26 Å². The van der Waals surface area contributed by atoms with Gasteiger partial charge in [-0.3, -0.25) is 0 Å². The lowest BCUT2D eigenvalue weighted by Crippen LogP contribution is -2.57. The highest BCUT2D eigenvalue weighted by Crippen LogP contribution is 2.42. The lowest BCUT2D eigenvalue weighted by molar-refractivity contribution is 0.218. The molecule has 0 amide bonds. The van der Waals surface area contributed by atoms with Gasteiger partial charge in [-0.15, -0.1) is 0 Å². The van der Waals surface area contributed by atoms with Crippen molar-refractivity contribution < 1.29 is 4.74 Å². The maximum atomic E-state index is 9.81. The fourth-order valence-corrected chi connectivity index (χ4v) is 4.77.